The molecule has 1 aliphatic rings. The van der Waals surface area contributed by atoms with Gasteiger partial charge in [-0.3, -0.25) is 14.5 Å². The molecule has 1 aliphatic heterocycles. The van der Waals surface area contributed by atoms with Crippen LogP contribution in [0.3, 0.4) is 0 Å². The highest BCUT2D eigenvalue weighted by molar-refractivity contribution is 8.18. The Morgan fingerprint density at radius 2 is 1.85 bits per heavy atom. The van der Waals surface area contributed by atoms with E-state index in [0.717, 1.165) is 22.2 Å². The van der Waals surface area contributed by atoms with Crippen LogP contribution in [0.25, 0.3) is 6.08 Å². The van der Waals surface area contributed by atoms with Gasteiger partial charge in [0.1, 0.15) is 11.5 Å². The van der Waals surface area contributed by atoms with Crippen molar-refractivity contribution in [2.75, 3.05) is 26.2 Å². The molecule has 1 N–H and O–H groups in total. The summed E-state index contributed by atoms with van der Waals surface area (Å²) in [6.07, 6.45) is 1.66. The molecular weight excluding hydrogens is 388 g/mol. The maximum atomic E-state index is 12.6. The average Bonchev–Trinajstić information content (AvgIpc) is 2.93. The van der Waals surface area contributed by atoms with Gasteiger partial charge >= 0.3 is 0 Å². The van der Waals surface area contributed by atoms with Crippen molar-refractivity contribution in [3.8, 4) is 11.5 Å². The maximum Gasteiger partial charge on any atom is 0.295 e. The molecule has 8 heteroatoms. The topological polar surface area (TPSA) is 67.9 Å². The lowest BCUT2D eigenvalue weighted by molar-refractivity contribution is -0.122. The van der Waals surface area contributed by atoms with Gasteiger partial charge in [-0.05, 0) is 42.1 Å². The molecule has 0 unspecified atom stereocenters. The highest BCUT2D eigenvalue weighted by Crippen LogP contribution is 2.34. The summed E-state index contributed by atoms with van der Waals surface area (Å²) in [5, 5.41) is 3.12. The van der Waals surface area contributed by atoms with E-state index in [1.165, 1.54) is 7.11 Å². The average molecular weight is 405 g/mol. The minimum Gasteiger partial charge on any atom is -0.496 e. The predicted octanol–water partition coefficient (Wildman–Crippen LogP) is 4.46. The van der Waals surface area contributed by atoms with Crippen molar-refractivity contribution in [2.45, 2.75) is 0 Å². The molecule has 1 saturated heterocycles. The lowest BCUT2D eigenvalue weighted by Crippen LogP contribution is -2.33. The van der Waals surface area contributed by atoms with Crippen LogP contribution >= 0.6 is 23.4 Å². The van der Waals surface area contributed by atoms with Gasteiger partial charge in [-0.1, -0.05) is 29.8 Å². The van der Waals surface area contributed by atoms with Crippen molar-refractivity contribution in [1.82, 2.24) is 4.90 Å². The Labute approximate surface area is 166 Å². The van der Waals surface area contributed by atoms with Crippen LogP contribution in [-0.2, 0) is 4.79 Å². The van der Waals surface area contributed by atoms with Gasteiger partial charge in [0.15, 0.2) is 0 Å². The van der Waals surface area contributed by atoms with Gasteiger partial charge in [0, 0.05) is 11.3 Å². The van der Waals surface area contributed by atoms with E-state index in [0.29, 0.717) is 27.1 Å². The van der Waals surface area contributed by atoms with Gasteiger partial charge in [0.05, 0.1) is 30.8 Å². The van der Waals surface area contributed by atoms with Crippen LogP contribution in [-0.4, -0.2) is 36.9 Å². The molecule has 2 aromatic rings. The number of benzene rings is 2. The van der Waals surface area contributed by atoms with Gasteiger partial charge in [-0.15, -0.1) is 0 Å². The van der Waals surface area contributed by atoms with Crippen molar-refractivity contribution in [1.29, 1.82) is 0 Å². The molecule has 0 aromatic heterocycles. The summed E-state index contributed by atoms with van der Waals surface area (Å²) in [6, 6.07) is 12.4. The van der Waals surface area contributed by atoms with Crippen LogP contribution < -0.4 is 14.8 Å². The Kier molecular flexibility index (Phi) is 5.93. The first kappa shape index (κ1) is 19.1. The molecule has 2 aromatic carbocycles. The molecule has 2 amide bonds. The number of thioether (sulfide) groups is 1. The van der Waals surface area contributed by atoms with Gasteiger partial charge in [0.25, 0.3) is 11.1 Å². The van der Waals surface area contributed by atoms with Crippen molar-refractivity contribution >= 4 is 46.3 Å². The van der Waals surface area contributed by atoms with E-state index >= 15 is 0 Å². The quantitative estimate of drug-likeness (QED) is 0.717. The SMILES string of the molecule is COc1ccc(NCN2C(=O)SC(=Cc3ccccc3OC)C2=O)cc1Cl. The summed E-state index contributed by atoms with van der Waals surface area (Å²) in [6.45, 7) is 0.0383. The van der Waals surface area contributed by atoms with Crippen LogP contribution in [0.1, 0.15) is 5.56 Å². The number of rotatable bonds is 6. The van der Waals surface area contributed by atoms with Gasteiger partial charge in [-0.2, -0.15) is 0 Å². The molecule has 0 spiro atoms. The maximum absolute atomic E-state index is 12.6. The zero-order valence-electron chi connectivity index (χ0n) is 14.7. The molecule has 27 heavy (non-hydrogen) atoms. The number of amides is 2. The molecular formula is C19H17ClN2O4S. The third-order valence-corrected chi connectivity index (χ3v) is 5.09. The number of carbonyl (C=O) groups excluding carboxylic acids is 2. The Balaban J connectivity index is 1.73. The normalized spacial score (nSPS) is 15.4. The minimum absolute atomic E-state index is 0.0383. The summed E-state index contributed by atoms with van der Waals surface area (Å²) in [7, 11) is 3.09. The fourth-order valence-corrected chi connectivity index (χ4v) is 3.60. The van der Waals surface area contributed by atoms with E-state index in [1.807, 2.05) is 18.2 Å². The number of nitrogens with one attached hydrogen (secondary N) is 1. The van der Waals surface area contributed by atoms with Crippen molar-refractivity contribution in [3.05, 3.63) is 58.0 Å². The highest BCUT2D eigenvalue weighted by Gasteiger charge is 2.35. The summed E-state index contributed by atoms with van der Waals surface area (Å²) in [5.41, 5.74) is 1.41. The fraction of sp³-hybridized carbons (Fsp3) is 0.158. The Bertz CT molecular complexity index is 916. The van der Waals surface area contributed by atoms with Crippen LogP contribution in [0.2, 0.25) is 5.02 Å². The first-order valence-electron chi connectivity index (χ1n) is 7.99. The summed E-state index contributed by atoms with van der Waals surface area (Å²) in [5.74, 6) is 0.825. The van der Waals surface area contributed by atoms with E-state index in [1.54, 1.807) is 37.5 Å². The number of nitrogens with zero attached hydrogens (tertiary/aromatic N) is 1. The summed E-state index contributed by atoms with van der Waals surface area (Å²) < 4.78 is 10.4. The molecule has 0 bridgehead atoms. The lowest BCUT2D eigenvalue weighted by atomic mass is 10.2. The smallest absolute Gasteiger partial charge is 0.295 e. The number of halogens is 1. The Morgan fingerprint density at radius 3 is 2.56 bits per heavy atom. The molecule has 6 nitrogen and oxygen atoms in total. The zero-order chi connectivity index (χ0) is 19.4. The molecule has 140 valence electrons. The number of hydrogen-bond donors (Lipinski definition) is 1. The van der Waals surface area contributed by atoms with Crippen molar-refractivity contribution in [2.24, 2.45) is 0 Å². The summed E-state index contributed by atoms with van der Waals surface area (Å²) in [4.78, 5) is 26.3. The standard InChI is InChI=1S/C19H17ClN2O4S/c1-25-15-6-4-3-5-12(15)9-17-18(23)22(19(24)27-17)11-21-13-7-8-16(26-2)14(20)10-13/h3-10,21H,11H2,1-2H3. The molecule has 1 fully saturated rings. The molecule has 3 rings (SSSR count). The molecule has 0 atom stereocenters. The highest BCUT2D eigenvalue weighted by atomic mass is 35.5. The van der Waals surface area contributed by atoms with Gasteiger partial charge < -0.3 is 14.8 Å². The fourth-order valence-electron chi connectivity index (χ4n) is 2.51. The first-order valence-corrected chi connectivity index (χ1v) is 9.18. The van der Waals surface area contributed by atoms with Crippen LogP contribution in [0.5, 0.6) is 11.5 Å². The number of para-hydroxylation sites is 1. The number of anilines is 1. The number of methoxy groups -OCH3 is 2. The number of imide groups is 1. The zero-order valence-corrected chi connectivity index (χ0v) is 16.3. The monoisotopic (exact) mass is 404 g/mol. The molecule has 1 heterocycles. The van der Waals surface area contributed by atoms with E-state index < -0.39 is 0 Å². The minimum atomic E-state index is -0.358. The van der Waals surface area contributed by atoms with Crippen molar-refractivity contribution in [3.63, 3.8) is 0 Å². The van der Waals surface area contributed by atoms with Gasteiger partial charge in [0.2, 0.25) is 0 Å². The van der Waals surface area contributed by atoms with Gasteiger partial charge in [-0.25, -0.2) is 0 Å². The van der Waals surface area contributed by atoms with Crippen molar-refractivity contribution < 1.29 is 19.1 Å². The van der Waals surface area contributed by atoms with Crippen LogP contribution in [0.4, 0.5) is 10.5 Å². The second-order valence-corrected chi connectivity index (χ2v) is 6.94. The first-order chi connectivity index (χ1) is 13.0. The summed E-state index contributed by atoms with van der Waals surface area (Å²) >= 11 is 6.98. The Morgan fingerprint density at radius 1 is 1.11 bits per heavy atom. The number of carbonyl (C=O) groups is 2. The van der Waals surface area contributed by atoms with Crippen LogP contribution in [0, 0.1) is 0 Å². The predicted molar refractivity (Wildman–Crippen MR) is 107 cm³/mol. The van der Waals surface area contributed by atoms with E-state index in [2.05, 4.69) is 5.32 Å². The largest absolute Gasteiger partial charge is 0.496 e. The van der Waals surface area contributed by atoms with E-state index in [-0.39, 0.29) is 17.8 Å². The lowest BCUT2D eigenvalue weighted by Gasteiger charge is -2.15. The number of ether oxygens (including phenoxy) is 2. The Hall–Kier alpha value is -2.64. The molecule has 0 aliphatic carbocycles. The second-order valence-electron chi connectivity index (χ2n) is 5.54. The number of hydrogen-bond acceptors (Lipinski definition) is 6. The third-order valence-electron chi connectivity index (χ3n) is 3.89. The van der Waals surface area contributed by atoms with Crippen LogP contribution in [0.15, 0.2) is 47.4 Å². The third kappa shape index (κ3) is 4.20. The van der Waals surface area contributed by atoms with E-state index in [4.69, 9.17) is 21.1 Å². The molecule has 0 radical (unpaired) electrons. The second kappa shape index (κ2) is 8.37. The molecule has 0 saturated carbocycles. The van der Waals surface area contributed by atoms with E-state index in [9.17, 15) is 9.59 Å².